The molecule has 6 rings (SSSR count). The van der Waals surface area contributed by atoms with Crippen molar-refractivity contribution in [3.8, 4) is 34.4 Å². The van der Waals surface area contributed by atoms with E-state index in [4.69, 9.17) is 18.9 Å². The maximum atomic E-state index is 11.2. The van der Waals surface area contributed by atoms with Gasteiger partial charge in [-0.15, -0.1) is 0 Å². The number of rotatable bonds is 8. The van der Waals surface area contributed by atoms with Crippen molar-refractivity contribution in [2.75, 3.05) is 26.4 Å². The van der Waals surface area contributed by atoms with E-state index >= 15 is 0 Å². The van der Waals surface area contributed by atoms with Crippen molar-refractivity contribution < 1.29 is 28.8 Å². The van der Waals surface area contributed by atoms with E-state index in [-0.39, 0.29) is 23.9 Å². The minimum absolute atomic E-state index is 0.0491. The van der Waals surface area contributed by atoms with Crippen molar-refractivity contribution in [2.24, 2.45) is 5.41 Å². The molecule has 0 aromatic heterocycles. The van der Waals surface area contributed by atoms with Crippen molar-refractivity contribution in [1.82, 2.24) is 0 Å². The molecule has 0 bridgehead atoms. The van der Waals surface area contributed by atoms with Gasteiger partial charge in [0.1, 0.15) is 23.4 Å². The molecule has 2 atom stereocenters. The first kappa shape index (κ1) is 26.2. The summed E-state index contributed by atoms with van der Waals surface area (Å²) in [5.74, 6) is 1.25. The molecular weight excluding hydrogens is 506 g/mol. The first-order valence-electron chi connectivity index (χ1n) is 13.8. The fourth-order valence-electron chi connectivity index (χ4n) is 6.23. The molecule has 0 amide bonds. The average Bonchev–Trinajstić information content (AvgIpc) is 3.49. The van der Waals surface area contributed by atoms with Crippen molar-refractivity contribution in [2.45, 2.75) is 52.1 Å². The maximum absolute atomic E-state index is 11.2. The highest BCUT2D eigenvalue weighted by Crippen LogP contribution is 2.45. The molecule has 3 aliphatic rings. The molecule has 40 heavy (non-hydrogen) atoms. The summed E-state index contributed by atoms with van der Waals surface area (Å²) in [5.41, 5.74) is 8.10. The Kier molecular flexibility index (Phi) is 6.67. The number of nitrogens with zero attached hydrogens (tertiary/aromatic N) is 1. The summed E-state index contributed by atoms with van der Waals surface area (Å²) in [5, 5.41) is 19.2. The van der Waals surface area contributed by atoms with Gasteiger partial charge in [0.15, 0.2) is 0 Å². The predicted molar refractivity (Wildman–Crippen MR) is 149 cm³/mol. The lowest BCUT2D eigenvalue weighted by Crippen LogP contribution is -2.44. The van der Waals surface area contributed by atoms with Crippen LogP contribution in [0.5, 0.6) is 17.2 Å². The Morgan fingerprint density at radius 1 is 1.07 bits per heavy atom. The molecule has 3 aromatic rings. The van der Waals surface area contributed by atoms with Crippen LogP contribution in [0.1, 0.15) is 65.2 Å². The van der Waals surface area contributed by atoms with Crippen LogP contribution < -0.4 is 14.2 Å². The smallest absolute Gasteiger partial charge is 0.304 e. The molecule has 1 fully saturated rings. The van der Waals surface area contributed by atoms with Gasteiger partial charge in [-0.05, 0) is 78.8 Å². The molecular formula is C33H33NO6. The molecule has 7 heteroatoms. The molecule has 0 radical (unpaired) electrons. The predicted octanol–water partition coefficient (Wildman–Crippen LogP) is 6.27. The molecule has 2 heterocycles. The number of carboxylic acids is 1. The Labute approximate surface area is 234 Å². The summed E-state index contributed by atoms with van der Waals surface area (Å²) in [4.78, 5) is 11.2. The lowest BCUT2D eigenvalue weighted by atomic mass is 9.87. The van der Waals surface area contributed by atoms with E-state index < -0.39 is 5.97 Å². The number of carbonyl (C=O) groups is 1. The van der Waals surface area contributed by atoms with Gasteiger partial charge in [-0.1, -0.05) is 19.1 Å². The molecule has 1 unspecified atom stereocenters. The van der Waals surface area contributed by atoms with E-state index in [1.165, 1.54) is 0 Å². The van der Waals surface area contributed by atoms with E-state index in [9.17, 15) is 15.2 Å². The second-order valence-corrected chi connectivity index (χ2v) is 11.6. The van der Waals surface area contributed by atoms with Crippen LogP contribution >= 0.6 is 0 Å². The largest absolute Gasteiger partial charge is 0.493 e. The van der Waals surface area contributed by atoms with Crippen LogP contribution in [0.2, 0.25) is 0 Å². The fraction of sp³-hybridized carbons (Fsp3) is 0.394. The zero-order valence-corrected chi connectivity index (χ0v) is 23.1. The van der Waals surface area contributed by atoms with Crippen LogP contribution in [0.3, 0.4) is 0 Å². The van der Waals surface area contributed by atoms with Crippen LogP contribution in [-0.4, -0.2) is 37.5 Å². The number of hydrogen-bond donors (Lipinski definition) is 1. The Morgan fingerprint density at radius 2 is 1.82 bits per heavy atom. The zero-order valence-electron chi connectivity index (χ0n) is 23.1. The third kappa shape index (κ3) is 4.77. The second kappa shape index (κ2) is 10.2. The molecule has 2 aliphatic heterocycles. The van der Waals surface area contributed by atoms with Gasteiger partial charge in [-0.3, -0.25) is 4.79 Å². The minimum atomic E-state index is -0.831. The van der Waals surface area contributed by atoms with Gasteiger partial charge in [0.25, 0.3) is 0 Å². The van der Waals surface area contributed by atoms with Gasteiger partial charge < -0.3 is 24.1 Å². The van der Waals surface area contributed by atoms with Gasteiger partial charge in [0.2, 0.25) is 0 Å². The number of hydrogen-bond acceptors (Lipinski definition) is 6. The van der Waals surface area contributed by atoms with Gasteiger partial charge in [-0.2, -0.15) is 5.26 Å². The molecule has 7 nitrogen and oxygen atoms in total. The monoisotopic (exact) mass is 539 g/mol. The van der Waals surface area contributed by atoms with Crippen molar-refractivity contribution >= 4 is 5.97 Å². The van der Waals surface area contributed by atoms with Crippen molar-refractivity contribution in [1.29, 1.82) is 5.26 Å². The highest BCUT2D eigenvalue weighted by atomic mass is 16.5. The number of benzene rings is 3. The topological polar surface area (TPSA) is 98.0 Å². The summed E-state index contributed by atoms with van der Waals surface area (Å²) in [6.07, 6.45) is 1.51. The van der Waals surface area contributed by atoms with Gasteiger partial charge in [0, 0.05) is 28.5 Å². The first-order valence-corrected chi connectivity index (χ1v) is 13.8. The summed E-state index contributed by atoms with van der Waals surface area (Å²) < 4.78 is 23.7. The van der Waals surface area contributed by atoms with Crippen molar-refractivity contribution in [3.05, 3.63) is 75.8 Å². The maximum Gasteiger partial charge on any atom is 0.304 e. The van der Waals surface area contributed by atoms with Crippen LogP contribution in [0, 0.1) is 30.6 Å². The number of ether oxygens (including phenoxy) is 4. The van der Waals surface area contributed by atoms with E-state index in [0.29, 0.717) is 30.3 Å². The normalized spacial score (nSPS) is 20.1. The zero-order chi connectivity index (χ0) is 28.0. The number of aliphatic carboxylic acids is 1. The van der Waals surface area contributed by atoms with Crippen LogP contribution in [-0.2, 0) is 16.0 Å². The molecule has 0 saturated carbocycles. The van der Waals surface area contributed by atoms with Gasteiger partial charge in [-0.25, -0.2) is 0 Å². The van der Waals surface area contributed by atoms with Gasteiger partial charge in [0.05, 0.1) is 44.5 Å². The third-order valence-corrected chi connectivity index (χ3v) is 8.28. The SMILES string of the molecule is Cc1cc(OCC2(C)COC2)cc(C)c1-c1c(C#N)ccc2c1CC[C@H]2Oc1ccc2c(c1)OCC2CC(=O)O. The van der Waals surface area contributed by atoms with E-state index in [2.05, 4.69) is 39.0 Å². The number of nitriles is 1. The number of carboxylic acid groups (broad SMARTS) is 1. The Hall–Kier alpha value is -4.02. The van der Waals surface area contributed by atoms with E-state index in [0.717, 1.165) is 70.7 Å². The third-order valence-electron chi connectivity index (χ3n) is 8.28. The Morgan fingerprint density at radius 3 is 2.50 bits per heavy atom. The lowest BCUT2D eigenvalue weighted by molar-refractivity contribution is -0.137. The first-order chi connectivity index (χ1) is 19.2. The highest BCUT2D eigenvalue weighted by molar-refractivity contribution is 5.81. The highest BCUT2D eigenvalue weighted by Gasteiger charge is 2.35. The minimum Gasteiger partial charge on any atom is -0.493 e. The molecule has 1 saturated heterocycles. The number of aryl methyl sites for hydroxylation is 2. The van der Waals surface area contributed by atoms with Crippen LogP contribution in [0.4, 0.5) is 0 Å². The summed E-state index contributed by atoms with van der Waals surface area (Å²) in [7, 11) is 0. The van der Waals surface area contributed by atoms with Crippen LogP contribution in [0.25, 0.3) is 11.1 Å². The van der Waals surface area contributed by atoms with Crippen LogP contribution in [0.15, 0.2) is 42.5 Å². The molecule has 206 valence electrons. The average molecular weight is 540 g/mol. The summed E-state index contributed by atoms with van der Waals surface area (Å²) >= 11 is 0. The van der Waals surface area contributed by atoms with Gasteiger partial charge >= 0.3 is 5.97 Å². The molecule has 1 N–H and O–H groups in total. The standard InChI is InChI=1S/C33H33NO6/c1-19-10-24(39-18-33(3)16-37-17-33)11-20(2)31(19)32-21(14-34)4-6-26-27(32)8-9-28(26)40-23-5-7-25-22(12-30(35)36)15-38-29(25)13-23/h4-7,10-11,13,22,28H,8-9,12,15-18H2,1-3H3,(H,35,36)/t22?,28-/m1/s1. The summed E-state index contributed by atoms with van der Waals surface area (Å²) in [6, 6.07) is 16.2. The quantitative estimate of drug-likeness (QED) is 0.360. The summed E-state index contributed by atoms with van der Waals surface area (Å²) in [6.45, 7) is 8.75. The van der Waals surface area contributed by atoms with E-state index in [1.54, 1.807) is 0 Å². The number of fused-ring (bicyclic) bond motifs is 2. The van der Waals surface area contributed by atoms with E-state index in [1.807, 2.05) is 30.3 Å². The van der Waals surface area contributed by atoms with Crippen molar-refractivity contribution in [3.63, 3.8) is 0 Å². The molecule has 1 aliphatic carbocycles. The molecule has 3 aromatic carbocycles. The Balaban J connectivity index is 1.27. The second-order valence-electron chi connectivity index (χ2n) is 11.6. The molecule has 0 spiro atoms. The fourth-order valence-corrected chi connectivity index (χ4v) is 6.23. The Bertz CT molecular complexity index is 1510. The lowest BCUT2D eigenvalue weighted by Gasteiger charge is -2.37.